The second kappa shape index (κ2) is 5.10. The van der Waals surface area contributed by atoms with Gasteiger partial charge in [-0.15, -0.1) is 0 Å². The number of carbonyl (C=O) groups is 1. The Bertz CT molecular complexity index is 889. The Morgan fingerprint density at radius 1 is 1.50 bits per heavy atom. The molecule has 22 heavy (non-hydrogen) atoms. The van der Waals surface area contributed by atoms with E-state index in [1.807, 2.05) is 14.0 Å². The number of nitrogens with one attached hydrogen (secondary N) is 2. The maximum atomic E-state index is 11.9. The second-order valence-corrected chi connectivity index (χ2v) is 4.91. The minimum atomic E-state index is -0.209. The molecule has 0 atom stereocenters. The minimum absolute atomic E-state index is 0.209. The van der Waals surface area contributed by atoms with Crippen molar-refractivity contribution in [2.75, 3.05) is 7.05 Å². The summed E-state index contributed by atoms with van der Waals surface area (Å²) in [6.45, 7) is 5.79. The minimum Gasteiger partial charge on any atom is -0.355 e. The van der Waals surface area contributed by atoms with Crippen molar-refractivity contribution < 1.29 is 4.79 Å². The summed E-state index contributed by atoms with van der Waals surface area (Å²) >= 11 is 0. The van der Waals surface area contributed by atoms with Crippen LogP contribution in [-0.2, 0) is 7.05 Å². The maximum Gasteiger partial charge on any atom is 0.254 e. The molecule has 7 heteroatoms. The van der Waals surface area contributed by atoms with E-state index in [2.05, 4.69) is 31.9 Å². The third-order valence-electron chi connectivity index (χ3n) is 3.68. The summed E-state index contributed by atoms with van der Waals surface area (Å²) in [5.74, 6) is -0.209. The summed E-state index contributed by atoms with van der Waals surface area (Å²) in [7, 11) is 3.44. The fraction of sp³-hybridized carbons (Fsp3) is 0.200. The number of hydrogen-bond acceptors (Lipinski definition) is 4. The van der Waals surface area contributed by atoms with Crippen LogP contribution in [0.4, 0.5) is 0 Å². The van der Waals surface area contributed by atoms with Gasteiger partial charge < -0.3 is 10.3 Å². The topological polar surface area (TPSA) is 88.5 Å². The Labute approximate surface area is 127 Å². The monoisotopic (exact) mass is 296 g/mol. The van der Waals surface area contributed by atoms with Crippen LogP contribution in [0.15, 0.2) is 19.0 Å². The van der Waals surface area contributed by atoms with E-state index in [0.29, 0.717) is 28.1 Å². The van der Waals surface area contributed by atoms with Gasteiger partial charge in [-0.1, -0.05) is 12.7 Å². The third kappa shape index (κ3) is 1.98. The highest BCUT2D eigenvalue weighted by atomic mass is 16.1. The smallest absolute Gasteiger partial charge is 0.254 e. The molecule has 0 fully saturated rings. The van der Waals surface area contributed by atoms with Gasteiger partial charge in [0.25, 0.3) is 5.91 Å². The second-order valence-electron chi connectivity index (χ2n) is 4.91. The van der Waals surface area contributed by atoms with E-state index in [4.69, 9.17) is 0 Å². The predicted octanol–water partition coefficient (Wildman–Crippen LogP) is 1.67. The van der Waals surface area contributed by atoms with Crippen LogP contribution in [0.5, 0.6) is 0 Å². The molecule has 0 aliphatic rings. The molecule has 0 saturated carbocycles. The largest absolute Gasteiger partial charge is 0.355 e. The SMILES string of the molecule is C=Cc1c(-c2cnc3[nH]cc(C(=O)NC)c3n2)nn(C)c1C. The lowest BCUT2D eigenvalue weighted by Gasteiger charge is -2.00. The zero-order valence-electron chi connectivity index (χ0n) is 12.6. The van der Waals surface area contributed by atoms with Crippen molar-refractivity contribution in [1.29, 1.82) is 0 Å². The predicted molar refractivity (Wildman–Crippen MR) is 84.3 cm³/mol. The number of rotatable bonds is 3. The van der Waals surface area contributed by atoms with Crippen LogP contribution >= 0.6 is 0 Å². The fourth-order valence-corrected chi connectivity index (χ4v) is 2.37. The summed E-state index contributed by atoms with van der Waals surface area (Å²) in [5, 5.41) is 7.06. The highest BCUT2D eigenvalue weighted by molar-refractivity contribution is 6.04. The molecule has 2 N–H and O–H groups in total. The highest BCUT2D eigenvalue weighted by Crippen LogP contribution is 2.25. The Morgan fingerprint density at radius 2 is 2.27 bits per heavy atom. The zero-order valence-corrected chi connectivity index (χ0v) is 12.6. The number of aromatic nitrogens is 5. The normalized spacial score (nSPS) is 10.9. The van der Waals surface area contributed by atoms with Crippen LogP contribution in [0.1, 0.15) is 21.6 Å². The lowest BCUT2D eigenvalue weighted by molar-refractivity contribution is 0.0964. The highest BCUT2D eigenvalue weighted by Gasteiger charge is 2.17. The van der Waals surface area contributed by atoms with Crippen molar-refractivity contribution in [3.63, 3.8) is 0 Å². The Balaban J connectivity index is 2.22. The van der Waals surface area contributed by atoms with Crippen molar-refractivity contribution >= 4 is 23.1 Å². The summed E-state index contributed by atoms with van der Waals surface area (Å²) < 4.78 is 1.77. The molecule has 3 aromatic rings. The quantitative estimate of drug-likeness (QED) is 0.769. The van der Waals surface area contributed by atoms with Gasteiger partial charge in [-0.2, -0.15) is 5.10 Å². The van der Waals surface area contributed by atoms with Crippen LogP contribution < -0.4 is 5.32 Å². The molecule has 0 radical (unpaired) electrons. The summed E-state index contributed by atoms with van der Waals surface area (Å²) in [6, 6.07) is 0. The van der Waals surface area contributed by atoms with Gasteiger partial charge in [0.15, 0.2) is 5.65 Å². The van der Waals surface area contributed by atoms with Gasteiger partial charge in [0.1, 0.15) is 16.9 Å². The van der Waals surface area contributed by atoms with Crippen molar-refractivity contribution in [2.45, 2.75) is 6.92 Å². The van der Waals surface area contributed by atoms with Crippen molar-refractivity contribution in [3.8, 4) is 11.4 Å². The number of nitrogens with zero attached hydrogens (tertiary/aromatic N) is 4. The molecule has 112 valence electrons. The summed E-state index contributed by atoms with van der Waals surface area (Å²) in [4.78, 5) is 23.7. The first-order valence-corrected chi connectivity index (χ1v) is 6.79. The molecule has 3 heterocycles. The van der Waals surface area contributed by atoms with Gasteiger partial charge in [0, 0.05) is 31.5 Å². The standard InChI is InChI=1S/C15H16N6O/c1-5-9-8(2)21(4)20-12(9)11-7-18-14-13(19-11)10(6-17-14)15(22)16-3/h5-7H,1H2,2-4H3,(H,16,22)(H,17,18). The van der Waals surface area contributed by atoms with Gasteiger partial charge >= 0.3 is 0 Å². The molecule has 0 unspecified atom stereocenters. The zero-order chi connectivity index (χ0) is 15.9. The third-order valence-corrected chi connectivity index (χ3v) is 3.68. The first kappa shape index (κ1) is 14.0. The van der Waals surface area contributed by atoms with Gasteiger partial charge in [-0.05, 0) is 6.92 Å². The van der Waals surface area contributed by atoms with Gasteiger partial charge in [-0.3, -0.25) is 9.48 Å². The van der Waals surface area contributed by atoms with Crippen LogP contribution in [0.2, 0.25) is 0 Å². The molecule has 0 bridgehead atoms. The number of hydrogen-bond donors (Lipinski definition) is 2. The van der Waals surface area contributed by atoms with E-state index in [1.54, 1.807) is 30.2 Å². The van der Waals surface area contributed by atoms with Crippen molar-refractivity contribution in [3.05, 3.63) is 35.8 Å². The Morgan fingerprint density at radius 3 is 2.95 bits per heavy atom. The number of aromatic amines is 1. The number of aryl methyl sites for hydroxylation is 1. The Hall–Kier alpha value is -2.96. The van der Waals surface area contributed by atoms with Crippen molar-refractivity contribution in [2.24, 2.45) is 7.05 Å². The van der Waals surface area contributed by atoms with E-state index in [-0.39, 0.29) is 5.91 Å². The van der Waals surface area contributed by atoms with Crippen molar-refractivity contribution in [1.82, 2.24) is 30.0 Å². The molecule has 0 spiro atoms. The van der Waals surface area contributed by atoms with Crippen LogP contribution in [-0.4, -0.2) is 37.7 Å². The molecule has 1 amide bonds. The molecule has 7 nitrogen and oxygen atoms in total. The molecular formula is C15H16N6O. The van der Waals surface area contributed by atoms with Gasteiger partial charge in [0.05, 0.1) is 11.8 Å². The molecule has 0 aliphatic carbocycles. The van der Waals surface area contributed by atoms with E-state index >= 15 is 0 Å². The van der Waals surface area contributed by atoms with E-state index in [1.165, 1.54) is 0 Å². The Kier molecular flexibility index (Phi) is 3.25. The fourth-order valence-electron chi connectivity index (χ4n) is 2.37. The van der Waals surface area contributed by atoms with E-state index < -0.39 is 0 Å². The average Bonchev–Trinajstić information content (AvgIpc) is 3.07. The number of H-pyrrole nitrogens is 1. The van der Waals surface area contributed by atoms with Crippen LogP contribution in [0.3, 0.4) is 0 Å². The van der Waals surface area contributed by atoms with Gasteiger partial charge in [0.2, 0.25) is 0 Å². The van der Waals surface area contributed by atoms with Crippen LogP contribution in [0.25, 0.3) is 28.6 Å². The number of carbonyl (C=O) groups excluding carboxylic acids is 1. The van der Waals surface area contributed by atoms with Gasteiger partial charge in [-0.25, -0.2) is 9.97 Å². The molecular weight excluding hydrogens is 280 g/mol. The molecule has 0 aromatic carbocycles. The summed E-state index contributed by atoms with van der Waals surface area (Å²) in [6.07, 6.45) is 4.99. The number of fused-ring (bicyclic) bond motifs is 1. The lowest BCUT2D eigenvalue weighted by Crippen LogP contribution is -2.17. The average molecular weight is 296 g/mol. The first-order chi connectivity index (χ1) is 10.6. The molecule has 3 aromatic heterocycles. The van der Waals surface area contributed by atoms with E-state index in [9.17, 15) is 4.79 Å². The molecule has 0 aliphatic heterocycles. The first-order valence-electron chi connectivity index (χ1n) is 6.79. The molecule has 3 rings (SSSR count). The van der Waals surface area contributed by atoms with Crippen LogP contribution in [0, 0.1) is 6.92 Å². The molecule has 0 saturated heterocycles. The van der Waals surface area contributed by atoms with E-state index in [0.717, 1.165) is 11.3 Å². The maximum absolute atomic E-state index is 11.9. The lowest BCUT2D eigenvalue weighted by atomic mass is 10.1. The summed E-state index contributed by atoms with van der Waals surface area (Å²) in [5.41, 5.74) is 4.76. The number of amides is 1.